The van der Waals surface area contributed by atoms with Crippen LogP contribution >= 0.6 is 0 Å². The van der Waals surface area contributed by atoms with E-state index in [1.54, 1.807) is 0 Å². The predicted octanol–water partition coefficient (Wildman–Crippen LogP) is 3.28. The molecule has 0 radical (unpaired) electrons. The fourth-order valence-corrected chi connectivity index (χ4v) is 4.39. The predicted molar refractivity (Wildman–Crippen MR) is 115 cm³/mol. The minimum absolute atomic E-state index is 0.0319. The molecule has 0 aliphatic heterocycles. The van der Waals surface area contributed by atoms with Crippen molar-refractivity contribution in [3.05, 3.63) is 59.7 Å². The van der Waals surface area contributed by atoms with Crippen molar-refractivity contribution in [3.8, 4) is 11.1 Å². The topological polar surface area (TPSA) is 105 Å². The van der Waals surface area contributed by atoms with Gasteiger partial charge >= 0.3 is 12.1 Å². The first-order valence-corrected chi connectivity index (χ1v) is 10.5. The molecule has 0 aromatic heterocycles. The fourth-order valence-electron chi connectivity index (χ4n) is 4.39. The van der Waals surface area contributed by atoms with Crippen LogP contribution in [0.25, 0.3) is 11.1 Å². The lowest BCUT2D eigenvalue weighted by Gasteiger charge is -2.40. The third-order valence-electron chi connectivity index (χ3n) is 6.43. The van der Waals surface area contributed by atoms with Crippen LogP contribution in [0, 0.1) is 5.41 Å². The van der Waals surface area contributed by atoms with E-state index in [0.717, 1.165) is 28.7 Å². The Kier molecular flexibility index (Phi) is 5.67. The van der Waals surface area contributed by atoms with E-state index in [1.807, 2.05) is 24.3 Å². The maximum absolute atomic E-state index is 12.5. The van der Waals surface area contributed by atoms with Gasteiger partial charge in [-0.05, 0) is 42.0 Å². The molecule has 0 bridgehead atoms. The number of hydrogen-bond donors (Lipinski definition) is 3. The van der Waals surface area contributed by atoms with Crippen LogP contribution in [-0.4, -0.2) is 42.3 Å². The number of carbonyl (C=O) groups excluding carboxylic acids is 2. The Balaban J connectivity index is 1.36. The van der Waals surface area contributed by atoms with Crippen molar-refractivity contribution in [2.24, 2.45) is 5.41 Å². The van der Waals surface area contributed by atoms with Gasteiger partial charge in [-0.1, -0.05) is 55.0 Å². The smallest absolute Gasteiger partial charge is 0.407 e. The van der Waals surface area contributed by atoms with Crippen LogP contribution in [-0.2, 0) is 14.3 Å². The van der Waals surface area contributed by atoms with Crippen molar-refractivity contribution in [1.82, 2.24) is 10.6 Å². The summed E-state index contributed by atoms with van der Waals surface area (Å²) < 4.78 is 5.53. The molecule has 0 saturated heterocycles. The number of carbonyl (C=O) groups is 3. The fraction of sp³-hybridized carbons (Fsp3) is 0.375. The van der Waals surface area contributed by atoms with E-state index in [9.17, 15) is 14.4 Å². The molecule has 2 aliphatic rings. The Hall–Kier alpha value is -3.35. The number of carboxylic acid groups (broad SMARTS) is 1. The molecule has 1 atom stereocenters. The SMILES string of the molecule is C[C@@H](NC(=O)C1(CNC(=O)OCC2c3ccccc3-c3ccccc32)CCC1)C(=O)O. The molecule has 2 amide bonds. The van der Waals surface area contributed by atoms with Crippen LogP contribution < -0.4 is 10.6 Å². The summed E-state index contributed by atoms with van der Waals surface area (Å²) in [5.74, 6) is -1.46. The van der Waals surface area contributed by atoms with E-state index < -0.39 is 23.5 Å². The van der Waals surface area contributed by atoms with Crippen molar-refractivity contribution >= 4 is 18.0 Å². The summed E-state index contributed by atoms with van der Waals surface area (Å²) in [7, 11) is 0. The molecule has 2 aliphatic carbocycles. The molecular formula is C24H26N2O5. The first kappa shape index (κ1) is 20.9. The molecule has 0 heterocycles. The Morgan fingerprint density at radius 1 is 1.06 bits per heavy atom. The molecule has 1 saturated carbocycles. The van der Waals surface area contributed by atoms with E-state index >= 15 is 0 Å². The van der Waals surface area contributed by atoms with Gasteiger partial charge in [0.25, 0.3) is 0 Å². The molecule has 4 rings (SSSR count). The third kappa shape index (κ3) is 4.00. The summed E-state index contributed by atoms with van der Waals surface area (Å²) in [6.45, 7) is 1.75. The number of benzene rings is 2. The third-order valence-corrected chi connectivity index (χ3v) is 6.43. The quantitative estimate of drug-likeness (QED) is 0.635. The summed E-state index contributed by atoms with van der Waals surface area (Å²) in [6, 6.07) is 15.2. The maximum Gasteiger partial charge on any atom is 0.407 e. The average molecular weight is 422 g/mol. The zero-order valence-electron chi connectivity index (χ0n) is 17.4. The van der Waals surface area contributed by atoms with E-state index in [-0.39, 0.29) is 25.0 Å². The highest BCUT2D eigenvalue weighted by atomic mass is 16.5. The van der Waals surface area contributed by atoms with Crippen LogP contribution in [0.2, 0.25) is 0 Å². The highest BCUT2D eigenvalue weighted by Crippen LogP contribution is 2.44. The summed E-state index contributed by atoms with van der Waals surface area (Å²) in [5.41, 5.74) is 3.81. The van der Waals surface area contributed by atoms with Crippen molar-refractivity contribution < 1.29 is 24.2 Å². The lowest BCUT2D eigenvalue weighted by atomic mass is 9.68. The van der Waals surface area contributed by atoms with Gasteiger partial charge in [-0.15, -0.1) is 0 Å². The number of ether oxygens (including phenoxy) is 1. The molecule has 0 unspecified atom stereocenters. The van der Waals surface area contributed by atoms with Crippen LogP contribution in [0.5, 0.6) is 0 Å². The first-order valence-electron chi connectivity index (χ1n) is 10.5. The van der Waals surface area contributed by atoms with Crippen molar-refractivity contribution in [3.63, 3.8) is 0 Å². The van der Waals surface area contributed by atoms with Crippen LogP contribution in [0.3, 0.4) is 0 Å². The summed E-state index contributed by atoms with van der Waals surface area (Å²) in [6.07, 6.45) is 1.50. The van der Waals surface area contributed by atoms with Gasteiger partial charge in [-0.25, -0.2) is 4.79 Å². The molecule has 3 N–H and O–H groups in total. The Bertz CT molecular complexity index is 969. The maximum atomic E-state index is 12.5. The molecule has 7 nitrogen and oxygen atoms in total. The highest BCUT2D eigenvalue weighted by molar-refractivity contribution is 5.88. The van der Waals surface area contributed by atoms with Gasteiger partial charge < -0.3 is 20.5 Å². The largest absolute Gasteiger partial charge is 0.480 e. The van der Waals surface area contributed by atoms with E-state index in [0.29, 0.717) is 12.8 Å². The standard InChI is InChI=1S/C24H26N2O5/c1-15(21(27)28)26-22(29)24(11-6-12-24)14-25-23(30)31-13-20-18-9-4-2-7-16(18)17-8-3-5-10-19(17)20/h2-5,7-10,15,20H,6,11-14H2,1H3,(H,25,30)(H,26,29)(H,27,28)/t15-/m1/s1. The number of carboxylic acids is 1. The first-order chi connectivity index (χ1) is 14.9. The molecule has 1 fully saturated rings. The Morgan fingerprint density at radius 2 is 1.65 bits per heavy atom. The van der Waals surface area contributed by atoms with Gasteiger partial charge in [-0.2, -0.15) is 0 Å². The average Bonchev–Trinajstić information content (AvgIpc) is 3.05. The van der Waals surface area contributed by atoms with Crippen LogP contribution in [0.1, 0.15) is 43.2 Å². The van der Waals surface area contributed by atoms with Crippen LogP contribution in [0.4, 0.5) is 4.79 Å². The zero-order chi connectivity index (χ0) is 22.0. The van der Waals surface area contributed by atoms with Crippen molar-refractivity contribution in [1.29, 1.82) is 0 Å². The van der Waals surface area contributed by atoms with Crippen LogP contribution in [0.15, 0.2) is 48.5 Å². The number of alkyl carbamates (subject to hydrolysis) is 1. The second kappa shape index (κ2) is 8.41. The second-order valence-electron chi connectivity index (χ2n) is 8.35. The Labute approximate surface area is 180 Å². The van der Waals surface area contributed by atoms with Gasteiger partial charge in [0.15, 0.2) is 0 Å². The number of nitrogens with one attached hydrogen (secondary N) is 2. The number of aliphatic carboxylic acids is 1. The van der Waals surface area contributed by atoms with Gasteiger partial charge in [-0.3, -0.25) is 9.59 Å². The molecule has 7 heteroatoms. The summed E-state index contributed by atoms with van der Waals surface area (Å²) >= 11 is 0. The summed E-state index contributed by atoms with van der Waals surface area (Å²) in [4.78, 5) is 36.0. The lowest BCUT2D eigenvalue weighted by molar-refractivity contribution is -0.145. The van der Waals surface area contributed by atoms with Gasteiger partial charge in [0, 0.05) is 12.5 Å². The molecule has 0 spiro atoms. The number of amides is 2. The van der Waals surface area contributed by atoms with E-state index in [2.05, 4.69) is 34.9 Å². The minimum Gasteiger partial charge on any atom is -0.480 e. The van der Waals surface area contributed by atoms with Crippen molar-refractivity contribution in [2.75, 3.05) is 13.2 Å². The zero-order valence-corrected chi connectivity index (χ0v) is 17.4. The molecule has 2 aromatic rings. The van der Waals surface area contributed by atoms with E-state index in [4.69, 9.17) is 9.84 Å². The number of fused-ring (bicyclic) bond motifs is 3. The van der Waals surface area contributed by atoms with Gasteiger partial charge in [0.1, 0.15) is 12.6 Å². The van der Waals surface area contributed by atoms with Crippen molar-refractivity contribution in [2.45, 2.75) is 38.1 Å². The second-order valence-corrected chi connectivity index (χ2v) is 8.35. The highest BCUT2D eigenvalue weighted by Gasteiger charge is 2.45. The Morgan fingerprint density at radius 3 is 2.16 bits per heavy atom. The molecule has 162 valence electrons. The number of hydrogen-bond acceptors (Lipinski definition) is 4. The molecule has 31 heavy (non-hydrogen) atoms. The van der Waals surface area contributed by atoms with Gasteiger partial charge in [0.05, 0.1) is 5.41 Å². The molecular weight excluding hydrogens is 396 g/mol. The number of rotatable bonds is 7. The normalized spacial score (nSPS) is 16.9. The summed E-state index contributed by atoms with van der Waals surface area (Å²) in [5, 5.41) is 14.2. The van der Waals surface area contributed by atoms with E-state index in [1.165, 1.54) is 6.92 Å². The minimum atomic E-state index is -1.09. The van der Waals surface area contributed by atoms with Gasteiger partial charge in [0.2, 0.25) is 5.91 Å². The monoisotopic (exact) mass is 422 g/mol. The lowest BCUT2D eigenvalue weighted by Crippen LogP contribution is -2.55. The molecule has 2 aromatic carbocycles.